The van der Waals surface area contributed by atoms with Crippen molar-refractivity contribution in [2.75, 3.05) is 0 Å². The summed E-state index contributed by atoms with van der Waals surface area (Å²) in [4.78, 5) is 12.7. The van der Waals surface area contributed by atoms with Gasteiger partial charge in [0, 0.05) is 27.7 Å². The number of ketones is 1. The third-order valence-electron chi connectivity index (χ3n) is 6.13. The van der Waals surface area contributed by atoms with Crippen LogP contribution in [0.1, 0.15) is 38.4 Å². The summed E-state index contributed by atoms with van der Waals surface area (Å²) in [6.45, 7) is 6.08. The van der Waals surface area contributed by atoms with Gasteiger partial charge < -0.3 is 0 Å². The van der Waals surface area contributed by atoms with Crippen LogP contribution in [0.25, 0.3) is 11.3 Å². The number of nitriles is 1. The quantitative estimate of drug-likeness (QED) is 0.860. The Kier molecular flexibility index (Phi) is 3.27. The third-order valence-corrected chi connectivity index (χ3v) is 6.13. The van der Waals surface area contributed by atoms with Crippen molar-refractivity contribution in [2.45, 2.75) is 39.0 Å². The van der Waals surface area contributed by atoms with E-state index in [0.717, 1.165) is 29.8 Å². The van der Waals surface area contributed by atoms with E-state index in [9.17, 15) is 10.1 Å². The highest BCUT2D eigenvalue weighted by Gasteiger charge is 2.54. The second kappa shape index (κ2) is 5.16. The van der Waals surface area contributed by atoms with E-state index in [1.807, 2.05) is 38.1 Å². The minimum absolute atomic E-state index is 0.0382. The molecule has 0 radical (unpaired) electrons. The van der Waals surface area contributed by atoms with Crippen molar-refractivity contribution in [3.8, 4) is 17.3 Å². The molecule has 1 heterocycles. The zero-order valence-corrected chi connectivity index (χ0v) is 14.8. The lowest BCUT2D eigenvalue weighted by atomic mass is 9.52. The number of hydrogen-bond donors (Lipinski definition) is 1. The molecule has 4 nitrogen and oxygen atoms in total. The number of fused-ring (bicyclic) bond motifs is 3. The number of allylic oxidation sites excluding steroid dienone is 2. The van der Waals surface area contributed by atoms with Gasteiger partial charge in [0.1, 0.15) is 6.07 Å². The van der Waals surface area contributed by atoms with Crippen molar-refractivity contribution in [1.29, 1.82) is 5.26 Å². The minimum Gasteiger partial charge on any atom is -0.293 e. The molecule has 0 saturated carbocycles. The Morgan fingerprint density at radius 2 is 1.96 bits per heavy atom. The fourth-order valence-corrected chi connectivity index (χ4v) is 4.89. The third kappa shape index (κ3) is 2.05. The van der Waals surface area contributed by atoms with Crippen LogP contribution < -0.4 is 0 Å². The standard InChI is InChI=1S/C21H21N3O/c1-20(2)16-10-9-15-17(13-7-5-4-6-8-13)23-24-18(15)21(16,3)11-14(12-22)19(20)25/h4-8,11,16H,9-10H2,1-3H3,(H,23,24)/t16-,21-/m0/s1. The molecule has 25 heavy (non-hydrogen) atoms. The van der Waals surface area contributed by atoms with Gasteiger partial charge in [-0.3, -0.25) is 9.89 Å². The molecule has 4 heteroatoms. The van der Waals surface area contributed by atoms with Crippen LogP contribution in [0.2, 0.25) is 0 Å². The molecule has 1 N–H and O–H groups in total. The van der Waals surface area contributed by atoms with Gasteiger partial charge in [-0.2, -0.15) is 10.4 Å². The fraction of sp³-hybridized carbons (Fsp3) is 0.381. The van der Waals surface area contributed by atoms with Crippen LogP contribution in [0.5, 0.6) is 0 Å². The fourth-order valence-electron chi connectivity index (χ4n) is 4.89. The Balaban J connectivity index is 1.92. The Bertz CT molecular complexity index is 930. The van der Waals surface area contributed by atoms with Gasteiger partial charge in [-0.15, -0.1) is 0 Å². The summed E-state index contributed by atoms with van der Waals surface area (Å²) < 4.78 is 0. The molecule has 0 bridgehead atoms. The summed E-state index contributed by atoms with van der Waals surface area (Å²) in [7, 11) is 0. The normalized spacial score (nSPS) is 27.0. The molecule has 0 amide bonds. The van der Waals surface area contributed by atoms with Crippen molar-refractivity contribution in [1.82, 2.24) is 10.2 Å². The first kappa shape index (κ1) is 15.8. The van der Waals surface area contributed by atoms with Crippen molar-refractivity contribution >= 4 is 5.78 Å². The van der Waals surface area contributed by atoms with Crippen LogP contribution in [-0.4, -0.2) is 16.0 Å². The smallest absolute Gasteiger partial charge is 0.178 e. The number of rotatable bonds is 1. The number of Topliss-reactive ketones (excluding diaryl/α,β-unsaturated/α-hetero) is 1. The number of aromatic amines is 1. The van der Waals surface area contributed by atoms with Crippen molar-refractivity contribution < 1.29 is 4.79 Å². The summed E-state index contributed by atoms with van der Waals surface area (Å²) in [5.74, 6) is 0.116. The first-order chi connectivity index (χ1) is 11.9. The van der Waals surface area contributed by atoms with Gasteiger partial charge in [0.05, 0.1) is 11.3 Å². The molecule has 0 fully saturated rings. The number of H-pyrrole nitrogens is 1. The lowest BCUT2D eigenvalue weighted by Crippen LogP contribution is -2.51. The van der Waals surface area contributed by atoms with E-state index >= 15 is 0 Å². The van der Waals surface area contributed by atoms with E-state index in [1.54, 1.807) is 0 Å². The van der Waals surface area contributed by atoms with Crippen LogP contribution in [0, 0.1) is 22.7 Å². The molecule has 2 aromatic rings. The van der Waals surface area contributed by atoms with Crippen molar-refractivity contribution in [2.24, 2.45) is 11.3 Å². The summed E-state index contributed by atoms with van der Waals surface area (Å²) in [6.07, 6.45) is 3.68. The molecule has 1 aromatic heterocycles. The average Bonchev–Trinajstić information content (AvgIpc) is 3.04. The number of nitrogens with one attached hydrogen (secondary N) is 1. The molecule has 126 valence electrons. The monoisotopic (exact) mass is 331 g/mol. The molecule has 0 aliphatic heterocycles. The molecule has 2 atom stereocenters. The van der Waals surface area contributed by atoms with E-state index in [4.69, 9.17) is 0 Å². The maximum Gasteiger partial charge on any atom is 0.178 e. The summed E-state index contributed by atoms with van der Waals surface area (Å²) in [5, 5.41) is 17.3. The second-order valence-electron chi connectivity index (χ2n) is 7.89. The maximum absolute atomic E-state index is 12.7. The molecule has 2 aliphatic rings. The molecular formula is C21H21N3O. The lowest BCUT2D eigenvalue weighted by molar-refractivity contribution is -0.128. The van der Waals surface area contributed by atoms with Gasteiger partial charge in [0.2, 0.25) is 0 Å². The summed E-state index contributed by atoms with van der Waals surface area (Å²) >= 11 is 0. The van der Waals surface area contributed by atoms with Gasteiger partial charge >= 0.3 is 0 Å². The first-order valence-corrected chi connectivity index (χ1v) is 8.70. The number of carbonyl (C=O) groups is 1. The molecule has 2 aliphatic carbocycles. The van der Waals surface area contributed by atoms with Crippen LogP contribution in [0.3, 0.4) is 0 Å². The van der Waals surface area contributed by atoms with E-state index in [1.165, 1.54) is 5.56 Å². The van der Waals surface area contributed by atoms with Gasteiger partial charge in [-0.05, 0) is 18.8 Å². The molecule has 0 saturated heterocycles. The largest absolute Gasteiger partial charge is 0.293 e. The second-order valence-corrected chi connectivity index (χ2v) is 7.89. The van der Waals surface area contributed by atoms with Gasteiger partial charge in [0.15, 0.2) is 5.78 Å². The predicted molar refractivity (Wildman–Crippen MR) is 95.7 cm³/mol. The molecule has 0 unspecified atom stereocenters. The lowest BCUT2D eigenvalue weighted by Gasteiger charge is -2.49. The molecule has 4 rings (SSSR count). The van der Waals surface area contributed by atoms with Gasteiger partial charge in [-0.25, -0.2) is 0 Å². The number of carbonyl (C=O) groups excluding carboxylic acids is 1. The average molecular weight is 331 g/mol. The molecule has 1 aromatic carbocycles. The molecule has 0 spiro atoms. The molecular weight excluding hydrogens is 310 g/mol. The Hall–Kier alpha value is -2.67. The highest BCUT2D eigenvalue weighted by molar-refractivity contribution is 6.04. The summed E-state index contributed by atoms with van der Waals surface area (Å²) in [6, 6.07) is 12.3. The van der Waals surface area contributed by atoms with Gasteiger partial charge in [-0.1, -0.05) is 57.2 Å². The zero-order chi connectivity index (χ0) is 17.8. The van der Waals surface area contributed by atoms with Crippen LogP contribution in [0.15, 0.2) is 42.0 Å². The highest BCUT2D eigenvalue weighted by atomic mass is 16.1. The number of aromatic nitrogens is 2. The topological polar surface area (TPSA) is 69.5 Å². The number of nitrogens with zero attached hydrogens (tertiary/aromatic N) is 2. The number of benzene rings is 1. The Morgan fingerprint density at radius 3 is 2.64 bits per heavy atom. The maximum atomic E-state index is 12.7. The van der Waals surface area contributed by atoms with Crippen LogP contribution >= 0.6 is 0 Å². The SMILES string of the molecule is CC1(C)C(=O)C(C#N)=C[C@]2(C)c3[nH]nc(-c4ccccc4)c3CC[C@@H]12. The Labute approximate surface area is 147 Å². The predicted octanol–water partition coefficient (Wildman–Crippen LogP) is 3.96. The van der Waals surface area contributed by atoms with Crippen LogP contribution in [0.4, 0.5) is 0 Å². The van der Waals surface area contributed by atoms with E-state index in [0.29, 0.717) is 0 Å². The van der Waals surface area contributed by atoms with E-state index in [-0.39, 0.29) is 22.7 Å². The van der Waals surface area contributed by atoms with Crippen molar-refractivity contribution in [3.63, 3.8) is 0 Å². The highest BCUT2D eigenvalue weighted by Crippen LogP contribution is 2.55. The Morgan fingerprint density at radius 1 is 1.24 bits per heavy atom. The minimum atomic E-state index is -0.551. The van der Waals surface area contributed by atoms with Gasteiger partial charge in [0.25, 0.3) is 0 Å². The summed E-state index contributed by atoms with van der Waals surface area (Å²) in [5.41, 5.74) is 3.68. The zero-order valence-electron chi connectivity index (χ0n) is 14.8. The number of hydrogen-bond acceptors (Lipinski definition) is 3. The van der Waals surface area contributed by atoms with E-state index < -0.39 is 5.41 Å². The van der Waals surface area contributed by atoms with E-state index in [2.05, 4.69) is 35.3 Å². The van der Waals surface area contributed by atoms with Crippen molar-refractivity contribution in [3.05, 3.63) is 53.2 Å². The first-order valence-electron chi connectivity index (χ1n) is 8.70. The van der Waals surface area contributed by atoms with Crippen LogP contribution in [-0.2, 0) is 16.6 Å².